The average molecular weight is 225 g/mol. The highest BCUT2D eigenvalue weighted by Gasteiger charge is 2.41. The molecule has 0 atom stereocenters. The summed E-state index contributed by atoms with van der Waals surface area (Å²) < 4.78 is 18.5. The Balaban J connectivity index is 1.99. The van der Waals surface area contributed by atoms with E-state index in [0.717, 1.165) is 12.8 Å². The predicted octanol–water partition coefficient (Wildman–Crippen LogP) is 1.45. The third-order valence-electron chi connectivity index (χ3n) is 3.07. The number of hydrogen-bond donors (Lipinski definition) is 2. The van der Waals surface area contributed by atoms with Crippen LogP contribution >= 0.6 is 0 Å². The standard InChI is InChI=1S/C12H16FNO2/c1-16-10-3-2-9(11(13)6-10)7-14-12(8-15)4-5-12/h2-3,6,14-15H,4-5,7-8H2,1H3. The minimum atomic E-state index is -0.277. The van der Waals surface area contributed by atoms with Crippen LogP contribution in [0, 0.1) is 5.82 Å². The lowest BCUT2D eigenvalue weighted by atomic mass is 10.2. The summed E-state index contributed by atoms with van der Waals surface area (Å²) in [6, 6.07) is 4.81. The summed E-state index contributed by atoms with van der Waals surface area (Å²) in [5.74, 6) is 0.241. The first-order chi connectivity index (χ1) is 7.69. The molecule has 16 heavy (non-hydrogen) atoms. The normalized spacial score (nSPS) is 17.2. The average Bonchev–Trinajstić information content (AvgIpc) is 3.08. The molecule has 0 aromatic heterocycles. The van der Waals surface area contributed by atoms with Crippen LogP contribution in [0.25, 0.3) is 0 Å². The number of nitrogens with one attached hydrogen (secondary N) is 1. The lowest BCUT2D eigenvalue weighted by Crippen LogP contribution is -2.34. The van der Waals surface area contributed by atoms with Crippen LogP contribution in [-0.4, -0.2) is 24.4 Å². The van der Waals surface area contributed by atoms with E-state index in [1.807, 2.05) is 0 Å². The Kier molecular flexibility index (Phi) is 3.12. The van der Waals surface area contributed by atoms with Gasteiger partial charge in [0.2, 0.25) is 0 Å². The molecule has 1 aliphatic rings. The first-order valence-corrected chi connectivity index (χ1v) is 5.37. The SMILES string of the molecule is COc1ccc(CNC2(CO)CC2)c(F)c1. The fourth-order valence-corrected chi connectivity index (χ4v) is 1.62. The van der Waals surface area contributed by atoms with E-state index in [4.69, 9.17) is 9.84 Å². The Labute approximate surface area is 94.2 Å². The van der Waals surface area contributed by atoms with Crippen molar-refractivity contribution in [3.63, 3.8) is 0 Å². The fraction of sp³-hybridized carbons (Fsp3) is 0.500. The van der Waals surface area contributed by atoms with Gasteiger partial charge in [-0.15, -0.1) is 0 Å². The van der Waals surface area contributed by atoms with E-state index in [2.05, 4.69) is 5.32 Å². The first kappa shape index (κ1) is 11.4. The zero-order chi connectivity index (χ0) is 11.6. The van der Waals surface area contributed by atoms with Gasteiger partial charge in [0.05, 0.1) is 13.7 Å². The number of aliphatic hydroxyl groups excluding tert-OH is 1. The van der Waals surface area contributed by atoms with Crippen molar-refractivity contribution in [3.05, 3.63) is 29.6 Å². The summed E-state index contributed by atoms with van der Waals surface area (Å²) in [6.07, 6.45) is 1.92. The Morgan fingerprint density at radius 3 is 2.75 bits per heavy atom. The minimum Gasteiger partial charge on any atom is -0.497 e. The maximum absolute atomic E-state index is 13.6. The van der Waals surface area contributed by atoms with Crippen molar-refractivity contribution in [1.82, 2.24) is 5.32 Å². The van der Waals surface area contributed by atoms with E-state index in [1.54, 1.807) is 12.1 Å². The van der Waals surface area contributed by atoms with Crippen molar-refractivity contribution in [2.45, 2.75) is 24.9 Å². The van der Waals surface area contributed by atoms with Crippen molar-refractivity contribution in [2.24, 2.45) is 0 Å². The van der Waals surface area contributed by atoms with Crippen molar-refractivity contribution in [3.8, 4) is 5.75 Å². The van der Waals surface area contributed by atoms with Crippen molar-refractivity contribution in [1.29, 1.82) is 0 Å². The van der Waals surface area contributed by atoms with E-state index in [-0.39, 0.29) is 18.0 Å². The molecule has 0 unspecified atom stereocenters. The molecule has 1 saturated carbocycles. The van der Waals surface area contributed by atoms with Gasteiger partial charge >= 0.3 is 0 Å². The molecule has 1 fully saturated rings. The zero-order valence-corrected chi connectivity index (χ0v) is 9.29. The smallest absolute Gasteiger partial charge is 0.131 e. The third kappa shape index (κ3) is 2.33. The van der Waals surface area contributed by atoms with Crippen LogP contribution in [0.1, 0.15) is 18.4 Å². The number of hydrogen-bond acceptors (Lipinski definition) is 3. The third-order valence-corrected chi connectivity index (χ3v) is 3.07. The van der Waals surface area contributed by atoms with Crippen LogP contribution in [0.3, 0.4) is 0 Å². The highest BCUT2D eigenvalue weighted by Crippen LogP contribution is 2.35. The van der Waals surface area contributed by atoms with Crippen LogP contribution < -0.4 is 10.1 Å². The Bertz CT molecular complexity index is 377. The molecular weight excluding hydrogens is 209 g/mol. The van der Waals surface area contributed by atoms with E-state index < -0.39 is 0 Å². The maximum Gasteiger partial charge on any atom is 0.131 e. The van der Waals surface area contributed by atoms with E-state index in [9.17, 15) is 4.39 Å². The molecule has 88 valence electrons. The summed E-state index contributed by atoms with van der Waals surface area (Å²) in [7, 11) is 1.51. The fourth-order valence-electron chi connectivity index (χ4n) is 1.62. The highest BCUT2D eigenvalue weighted by atomic mass is 19.1. The molecule has 0 saturated heterocycles. The second-order valence-electron chi connectivity index (χ2n) is 4.25. The number of halogens is 1. The maximum atomic E-state index is 13.6. The summed E-state index contributed by atoms with van der Waals surface area (Å²) in [5, 5.41) is 12.3. The van der Waals surface area contributed by atoms with Gasteiger partial charge in [0, 0.05) is 23.7 Å². The summed E-state index contributed by atoms with van der Waals surface area (Å²) >= 11 is 0. The van der Waals surface area contributed by atoms with Crippen LogP contribution in [0.2, 0.25) is 0 Å². The van der Waals surface area contributed by atoms with Gasteiger partial charge in [0.15, 0.2) is 0 Å². The molecule has 4 heteroatoms. The molecule has 0 bridgehead atoms. The van der Waals surface area contributed by atoms with Gasteiger partial charge in [-0.2, -0.15) is 0 Å². The molecule has 0 aliphatic heterocycles. The molecule has 0 spiro atoms. The van der Waals surface area contributed by atoms with Gasteiger partial charge in [-0.1, -0.05) is 6.07 Å². The number of methoxy groups -OCH3 is 1. The van der Waals surface area contributed by atoms with E-state index >= 15 is 0 Å². The van der Waals surface area contributed by atoms with Gasteiger partial charge in [-0.3, -0.25) is 0 Å². The van der Waals surface area contributed by atoms with Crippen molar-refractivity contribution in [2.75, 3.05) is 13.7 Å². The molecule has 0 amide bonds. The molecule has 2 N–H and O–H groups in total. The largest absolute Gasteiger partial charge is 0.497 e. The van der Waals surface area contributed by atoms with Crippen LogP contribution in [-0.2, 0) is 6.54 Å². The summed E-state index contributed by atoms with van der Waals surface area (Å²) in [5.41, 5.74) is 0.437. The lowest BCUT2D eigenvalue weighted by Gasteiger charge is -2.14. The van der Waals surface area contributed by atoms with Crippen molar-refractivity contribution >= 4 is 0 Å². The zero-order valence-electron chi connectivity index (χ0n) is 9.29. The predicted molar refractivity (Wildman–Crippen MR) is 58.8 cm³/mol. The molecule has 1 aromatic rings. The summed E-state index contributed by atoms with van der Waals surface area (Å²) in [6.45, 7) is 0.557. The Morgan fingerprint density at radius 1 is 1.50 bits per heavy atom. The van der Waals surface area contributed by atoms with Crippen LogP contribution in [0.15, 0.2) is 18.2 Å². The molecule has 3 nitrogen and oxygen atoms in total. The molecule has 0 heterocycles. The van der Waals surface area contributed by atoms with Gasteiger partial charge < -0.3 is 15.2 Å². The molecule has 1 aromatic carbocycles. The Hall–Kier alpha value is -1.13. The second-order valence-corrected chi connectivity index (χ2v) is 4.25. The first-order valence-electron chi connectivity index (χ1n) is 5.37. The van der Waals surface area contributed by atoms with Crippen LogP contribution in [0.4, 0.5) is 4.39 Å². The molecular formula is C12H16FNO2. The molecule has 1 aliphatic carbocycles. The van der Waals surface area contributed by atoms with Crippen LogP contribution in [0.5, 0.6) is 5.75 Å². The molecule has 0 radical (unpaired) electrons. The second kappa shape index (κ2) is 4.39. The number of rotatable bonds is 5. The van der Waals surface area contributed by atoms with E-state index in [0.29, 0.717) is 17.9 Å². The highest BCUT2D eigenvalue weighted by molar-refractivity contribution is 5.29. The number of benzene rings is 1. The van der Waals surface area contributed by atoms with Crippen molar-refractivity contribution < 1.29 is 14.2 Å². The topological polar surface area (TPSA) is 41.5 Å². The monoisotopic (exact) mass is 225 g/mol. The van der Waals surface area contributed by atoms with Gasteiger partial charge in [-0.05, 0) is 18.9 Å². The van der Waals surface area contributed by atoms with Gasteiger partial charge in [0.1, 0.15) is 11.6 Å². The van der Waals surface area contributed by atoms with Gasteiger partial charge in [-0.25, -0.2) is 4.39 Å². The quantitative estimate of drug-likeness (QED) is 0.797. The Morgan fingerprint density at radius 2 is 2.25 bits per heavy atom. The number of aliphatic hydroxyl groups is 1. The van der Waals surface area contributed by atoms with E-state index in [1.165, 1.54) is 13.2 Å². The molecule has 2 rings (SSSR count). The minimum absolute atomic E-state index is 0.116. The summed E-state index contributed by atoms with van der Waals surface area (Å²) in [4.78, 5) is 0. The van der Waals surface area contributed by atoms with Gasteiger partial charge in [0.25, 0.3) is 0 Å². The lowest BCUT2D eigenvalue weighted by molar-refractivity contribution is 0.229. The number of ether oxygens (including phenoxy) is 1.